The van der Waals surface area contributed by atoms with Gasteiger partial charge < -0.3 is 0 Å². The average Bonchev–Trinajstić information content (AvgIpc) is 2.77. The predicted molar refractivity (Wildman–Crippen MR) is 127 cm³/mol. The Morgan fingerprint density at radius 1 is 0.812 bits per heavy atom. The van der Waals surface area contributed by atoms with Crippen LogP contribution in [-0.4, -0.2) is 17.8 Å². The summed E-state index contributed by atoms with van der Waals surface area (Å²) in [6.07, 6.45) is 1.52. The molecule has 0 aliphatic carbocycles. The van der Waals surface area contributed by atoms with Gasteiger partial charge in [-0.05, 0) is 73.9 Å². The van der Waals surface area contributed by atoms with Crippen molar-refractivity contribution in [2.24, 2.45) is 0 Å². The van der Waals surface area contributed by atoms with Crippen LogP contribution in [0.5, 0.6) is 0 Å². The number of barbiturate groups is 1. The largest absolute Gasteiger partial charge is 0.335 e. The van der Waals surface area contributed by atoms with E-state index in [1.54, 1.807) is 23.9 Å². The minimum absolute atomic E-state index is 0.0792. The molecule has 0 radical (unpaired) electrons. The molecule has 4 amide bonds. The fourth-order valence-corrected chi connectivity index (χ4v) is 4.21. The van der Waals surface area contributed by atoms with Crippen LogP contribution in [-0.2, 0) is 9.59 Å². The second kappa shape index (κ2) is 8.85. The van der Waals surface area contributed by atoms with Crippen molar-refractivity contribution in [3.63, 3.8) is 0 Å². The van der Waals surface area contributed by atoms with Gasteiger partial charge >= 0.3 is 6.03 Å². The third kappa shape index (κ3) is 4.36. The van der Waals surface area contributed by atoms with Gasteiger partial charge in [-0.1, -0.05) is 53.7 Å². The average molecular weight is 443 g/mol. The van der Waals surface area contributed by atoms with E-state index in [0.29, 0.717) is 11.3 Å². The van der Waals surface area contributed by atoms with Gasteiger partial charge in [0.15, 0.2) is 0 Å². The SMILES string of the molecule is Cc1ccc(Sc2ccc(/C=C3\C(=O)NC(=O)N(c4cccc(C)c4C)C3=O)cc2)cc1. The van der Waals surface area contributed by atoms with Gasteiger partial charge in [0.25, 0.3) is 11.8 Å². The van der Waals surface area contributed by atoms with Crippen molar-refractivity contribution in [3.05, 3.63) is 94.6 Å². The Hall–Kier alpha value is -3.64. The molecule has 160 valence electrons. The van der Waals surface area contributed by atoms with Gasteiger partial charge in [-0.15, -0.1) is 0 Å². The minimum atomic E-state index is -0.740. The summed E-state index contributed by atoms with van der Waals surface area (Å²) in [5, 5.41) is 2.28. The highest BCUT2D eigenvalue weighted by atomic mass is 32.2. The van der Waals surface area contributed by atoms with Crippen LogP contribution in [0.3, 0.4) is 0 Å². The molecule has 32 heavy (non-hydrogen) atoms. The molecule has 1 saturated heterocycles. The number of nitrogens with one attached hydrogen (secondary N) is 1. The number of benzene rings is 3. The Morgan fingerprint density at radius 3 is 2.09 bits per heavy atom. The molecule has 1 heterocycles. The van der Waals surface area contributed by atoms with E-state index in [0.717, 1.165) is 25.8 Å². The van der Waals surface area contributed by atoms with Crippen LogP contribution in [0.2, 0.25) is 0 Å². The Labute approximate surface area is 191 Å². The zero-order valence-electron chi connectivity index (χ0n) is 18.0. The van der Waals surface area contributed by atoms with Gasteiger partial charge in [-0.25, -0.2) is 9.69 Å². The summed E-state index contributed by atoms with van der Waals surface area (Å²) >= 11 is 1.63. The maximum Gasteiger partial charge on any atom is 0.335 e. The zero-order chi connectivity index (χ0) is 22.8. The molecule has 3 aromatic rings. The van der Waals surface area contributed by atoms with Crippen LogP contribution in [0.4, 0.5) is 10.5 Å². The van der Waals surface area contributed by atoms with Crippen molar-refractivity contribution in [1.29, 1.82) is 0 Å². The van der Waals surface area contributed by atoms with Crippen LogP contribution in [0.1, 0.15) is 22.3 Å². The fourth-order valence-electron chi connectivity index (χ4n) is 3.40. The fraction of sp³-hybridized carbons (Fsp3) is 0.115. The molecule has 1 aliphatic rings. The van der Waals surface area contributed by atoms with E-state index in [9.17, 15) is 14.4 Å². The lowest BCUT2D eigenvalue weighted by atomic mass is 10.0. The van der Waals surface area contributed by atoms with Crippen molar-refractivity contribution in [2.75, 3.05) is 4.90 Å². The van der Waals surface area contributed by atoms with Crippen LogP contribution >= 0.6 is 11.8 Å². The number of aryl methyl sites for hydroxylation is 2. The van der Waals surface area contributed by atoms with Gasteiger partial charge in [-0.2, -0.15) is 0 Å². The monoisotopic (exact) mass is 442 g/mol. The first-order valence-electron chi connectivity index (χ1n) is 10.2. The number of nitrogens with zero attached hydrogens (tertiary/aromatic N) is 1. The number of rotatable bonds is 4. The predicted octanol–water partition coefficient (Wildman–Crippen LogP) is 5.43. The Kier molecular flexibility index (Phi) is 5.97. The van der Waals surface area contributed by atoms with Crippen LogP contribution in [0.25, 0.3) is 6.08 Å². The molecule has 4 rings (SSSR count). The Bertz CT molecular complexity index is 1250. The number of imide groups is 2. The number of carbonyl (C=O) groups is 3. The van der Waals surface area contributed by atoms with E-state index in [1.807, 2.05) is 44.2 Å². The number of hydrogen-bond acceptors (Lipinski definition) is 4. The summed E-state index contributed by atoms with van der Waals surface area (Å²) in [5.74, 6) is -1.33. The number of amides is 4. The Morgan fingerprint density at radius 2 is 1.44 bits per heavy atom. The molecule has 0 saturated carbocycles. The third-order valence-corrected chi connectivity index (χ3v) is 6.38. The third-order valence-electron chi connectivity index (χ3n) is 5.37. The van der Waals surface area contributed by atoms with Gasteiger partial charge in [0, 0.05) is 9.79 Å². The van der Waals surface area contributed by atoms with Crippen LogP contribution < -0.4 is 10.2 Å². The molecule has 0 spiro atoms. The first-order chi connectivity index (χ1) is 15.3. The standard InChI is InChI=1S/C26H22N2O3S/c1-16-7-11-20(12-8-16)32-21-13-9-19(10-14-21)15-22-24(29)27-26(31)28(25(22)30)23-6-4-5-17(2)18(23)3/h4-15H,1-3H3,(H,27,29,31)/b22-15+. The molecule has 3 aromatic carbocycles. The lowest BCUT2D eigenvalue weighted by Crippen LogP contribution is -2.54. The Balaban J connectivity index is 1.60. The molecule has 0 aromatic heterocycles. The van der Waals surface area contributed by atoms with Crippen molar-refractivity contribution >= 4 is 41.4 Å². The lowest BCUT2D eigenvalue weighted by molar-refractivity contribution is -0.122. The minimum Gasteiger partial charge on any atom is -0.273 e. The second-order valence-electron chi connectivity index (χ2n) is 7.66. The second-order valence-corrected chi connectivity index (χ2v) is 8.81. The van der Waals surface area contributed by atoms with E-state index in [1.165, 1.54) is 11.6 Å². The lowest BCUT2D eigenvalue weighted by Gasteiger charge is -2.28. The topological polar surface area (TPSA) is 66.5 Å². The van der Waals surface area contributed by atoms with E-state index >= 15 is 0 Å². The van der Waals surface area contributed by atoms with E-state index in [4.69, 9.17) is 0 Å². The normalized spacial score (nSPS) is 15.3. The molecule has 0 bridgehead atoms. The van der Waals surface area contributed by atoms with Gasteiger partial charge in [-0.3, -0.25) is 14.9 Å². The summed E-state index contributed by atoms with van der Waals surface area (Å²) in [5.41, 5.74) is 4.06. The number of anilines is 1. The number of carbonyl (C=O) groups excluding carboxylic acids is 3. The molecule has 0 atom stereocenters. The summed E-state index contributed by atoms with van der Waals surface area (Å²) in [7, 11) is 0. The smallest absolute Gasteiger partial charge is 0.273 e. The highest BCUT2D eigenvalue weighted by Crippen LogP contribution is 2.29. The first-order valence-corrected chi connectivity index (χ1v) is 11.0. The molecule has 1 fully saturated rings. The highest BCUT2D eigenvalue weighted by Gasteiger charge is 2.37. The van der Waals surface area contributed by atoms with E-state index < -0.39 is 17.8 Å². The van der Waals surface area contributed by atoms with Crippen molar-refractivity contribution in [2.45, 2.75) is 30.6 Å². The zero-order valence-corrected chi connectivity index (χ0v) is 18.8. The summed E-state index contributed by atoms with van der Waals surface area (Å²) < 4.78 is 0. The van der Waals surface area contributed by atoms with Crippen LogP contribution in [0.15, 0.2) is 82.1 Å². The molecular formula is C26H22N2O3S. The summed E-state index contributed by atoms with van der Waals surface area (Å²) in [6.45, 7) is 5.80. The summed E-state index contributed by atoms with van der Waals surface area (Å²) in [4.78, 5) is 41.2. The molecular weight excluding hydrogens is 420 g/mol. The van der Waals surface area contributed by atoms with Gasteiger partial charge in [0.05, 0.1) is 5.69 Å². The molecule has 1 aliphatic heterocycles. The molecule has 6 heteroatoms. The molecule has 0 unspecified atom stereocenters. The van der Waals surface area contributed by atoms with Crippen molar-refractivity contribution in [1.82, 2.24) is 5.32 Å². The van der Waals surface area contributed by atoms with E-state index in [-0.39, 0.29) is 5.57 Å². The van der Waals surface area contributed by atoms with Gasteiger partial charge in [0.2, 0.25) is 0 Å². The maximum absolute atomic E-state index is 13.1. The van der Waals surface area contributed by atoms with Crippen LogP contribution in [0, 0.1) is 20.8 Å². The van der Waals surface area contributed by atoms with Crippen molar-refractivity contribution in [3.8, 4) is 0 Å². The number of hydrogen-bond donors (Lipinski definition) is 1. The van der Waals surface area contributed by atoms with Gasteiger partial charge in [0.1, 0.15) is 5.57 Å². The number of urea groups is 1. The van der Waals surface area contributed by atoms with Crippen molar-refractivity contribution < 1.29 is 14.4 Å². The highest BCUT2D eigenvalue weighted by molar-refractivity contribution is 7.99. The van der Waals surface area contributed by atoms with E-state index in [2.05, 4.69) is 36.5 Å². The molecule has 1 N–H and O–H groups in total. The molecule has 5 nitrogen and oxygen atoms in total. The maximum atomic E-state index is 13.1. The summed E-state index contributed by atoms with van der Waals surface area (Å²) in [6, 6.07) is 20.5. The first kappa shape index (κ1) is 21.6. The quantitative estimate of drug-likeness (QED) is 0.432.